The molecular weight excluding hydrogens is 325 g/mol. The first kappa shape index (κ1) is 14.8. The monoisotopic (exact) mass is 331 g/mol. The van der Waals surface area contributed by atoms with E-state index in [0.717, 1.165) is 11.8 Å². The lowest BCUT2D eigenvalue weighted by Gasteiger charge is -2.07. The van der Waals surface area contributed by atoms with E-state index in [4.69, 9.17) is 0 Å². The van der Waals surface area contributed by atoms with Gasteiger partial charge in [0.1, 0.15) is 0 Å². The van der Waals surface area contributed by atoms with E-state index < -0.39 is 40.4 Å². The Labute approximate surface area is 124 Å². The van der Waals surface area contributed by atoms with Crippen molar-refractivity contribution in [2.45, 2.75) is 10.9 Å². The molecule has 0 atom stereocenters. The molecule has 0 amide bonds. The van der Waals surface area contributed by atoms with Crippen LogP contribution in [0.25, 0.3) is 5.65 Å². The first-order valence-corrected chi connectivity index (χ1v) is 6.92. The van der Waals surface area contributed by atoms with Gasteiger partial charge in [0.15, 0.2) is 34.1 Å². The number of aromatic nitrogens is 3. The molecule has 0 aliphatic carbocycles. The fourth-order valence-corrected chi connectivity index (χ4v) is 2.75. The Morgan fingerprint density at radius 2 is 1.50 bits per heavy atom. The van der Waals surface area contributed by atoms with Crippen LogP contribution in [0.1, 0.15) is 5.56 Å². The van der Waals surface area contributed by atoms with Crippen molar-refractivity contribution in [3.63, 3.8) is 0 Å². The van der Waals surface area contributed by atoms with Crippen LogP contribution in [0.4, 0.5) is 22.0 Å². The predicted molar refractivity (Wildman–Crippen MR) is 68.8 cm³/mol. The molecule has 3 nitrogen and oxygen atoms in total. The van der Waals surface area contributed by atoms with Gasteiger partial charge in [-0.1, -0.05) is 17.8 Å². The summed E-state index contributed by atoms with van der Waals surface area (Å²) in [7, 11) is 0. The van der Waals surface area contributed by atoms with Crippen LogP contribution in [-0.4, -0.2) is 14.6 Å². The summed E-state index contributed by atoms with van der Waals surface area (Å²) < 4.78 is 67.9. The summed E-state index contributed by atoms with van der Waals surface area (Å²) >= 11 is 0.815. The third-order valence-corrected chi connectivity index (χ3v) is 3.90. The van der Waals surface area contributed by atoms with E-state index >= 15 is 0 Å². The minimum absolute atomic E-state index is 0.277. The average Bonchev–Trinajstić information content (AvgIpc) is 2.94. The van der Waals surface area contributed by atoms with Crippen LogP contribution in [0.15, 0.2) is 29.6 Å². The van der Waals surface area contributed by atoms with E-state index in [1.54, 1.807) is 24.4 Å². The minimum Gasteiger partial charge on any atom is -0.277 e. The van der Waals surface area contributed by atoms with Crippen molar-refractivity contribution in [1.29, 1.82) is 0 Å². The van der Waals surface area contributed by atoms with Crippen molar-refractivity contribution in [3.8, 4) is 0 Å². The molecule has 3 rings (SSSR count). The first-order valence-electron chi connectivity index (χ1n) is 5.93. The molecule has 0 fully saturated rings. The third-order valence-electron chi connectivity index (χ3n) is 2.93. The number of thioether (sulfide) groups is 1. The summed E-state index contributed by atoms with van der Waals surface area (Å²) in [5.41, 5.74) is -0.392. The van der Waals surface area contributed by atoms with E-state index in [1.807, 2.05) is 0 Å². The summed E-state index contributed by atoms with van der Waals surface area (Å²) in [6.07, 6.45) is 1.62. The van der Waals surface area contributed by atoms with Gasteiger partial charge in [-0.2, -0.15) is 0 Å². The molecule has 0 N–H and O–H groups in total. The van der Waals surface area contributed by atoms with E-state index in [2.05, 4.69) is 10.2 Å². The molecule has 114 valence electrons. The average molecular weight is 331 g/mol. The van der Waals surface area contributed by atoms with Gasteiger partial charge in [0, 0.05) is 17.5 Å². The lowest BCUT2D eigenvalue weighted by atomic mass is 10.2. The van der Waals surface area contributed by atoms with Crippen molar-refractivity contribution in [2.75, 3.05) is 0 Å². The lowest BCUT2D eigenvalue weighted by Crippen LogP contribution is -2.06. The second-order valence-corrected chi connectivity index (χ2v) is 5.19. The smallest absolute Gasteiger partial charge is 0.200 e. The number of nitrogens with zero attached hydrogens (tertiary/aromatic N) is 3. The van der Waals surface area contributed by atoms with Crippen molar-refractivity contribution >= 4 is 17.4 Å². The van der Waals surface area contributed by atoms with Crippen LogP contribution in [0.2, 0.25) is 0 Å². The molecule has 1 aromatic carbocycles. The Kier molecular flexibility index (Phi) is 3.73. The number of benzene rings is 1. The van der Waals surface area contributed by atoms with Gasteiger partial charge in [-0.25, -0.2) is 22.0 Å². The van der Waals surface area contributed by atoms with Crippen LogP contribution in [0, 0.1) is 29.1 Å². The molecule has 0 spiro atoms. The van der Waals surface area contributed by atoms with Gasteiger partial charge in [-0.3, -0.25) is 4.40 Å². The Bertz CT molecular complexity index is 835. The summed E-state index contributed by atoms with van der Waals surface area (Å²) in [4.78, 5) is 0. The van der Waals surface area contributed by atoms with Gasteiger partial charge >= 0.3 is 0 Å². The van der Waals surface area contributed by atoms with E-state index in [0.29, 0.717) is 5.65 Å². The molecule has 9 heteroatoms. The van der Waals surface area contributed by atoms with E-state index in [-0.39, 0.29) is 5.16 Å². The van der Waals surface area contributed by atoms with Crippen molar-refractivity contribution in [2.24, 2.45) is 0 Å². The normalized spacial score (nSPS) is 11.3. The molecule has 0 saturated heterocycles. The molecule has 0 aliphatic heterocycles. The molecule has 0 unspecified atom stereocenters. The molecule has 2 heterocycles. The molecule has 0 bridgehead atoms. The fourth-order valence-electron chi connectivity index (χ4n) is 1.83. The van der Waals surface area contributed by atoms with Crippen LogP contribution >= 0.6 is 11.8 Å². The van der Waals surface area contributed by atoms with Gasteiger partial charge in [-0.15, -0.1) is 10.2 Å². The SMILES string of the molecule is Fc1c(F)c(F)c(CSc2nnc3ccccn23)c(F)c1F. The summed E-state index contributed by atoms with van der Waals surface area (Å²) in [6, 6.07) is 5.08. The van der Waals surface area contributed by atoms with Crippen molar-refractivity contribution < 1.29 is 22.0 Å². The second kappa shape index (κ2) is 5.56. The third kappa shape index (κ3) is 2.31. The topological polar surface area (TPSA) is 30.2 Å². The zero-order valence-corrected chi connectivity index (χ0v) is 11.5. The van der Waals surface area contributed by atoms with E-state index in [9.17, 15) is 22.0 Å². The zero-order chi connectivity index (χ0) is 15.9. The fraction of sp³-hybridized carbons (Fsp3) is 0.0769. The van der Waals surface area contributed by atoms with Gasteiger partial charge < -0.3 is 0 Å². The van der Waals surface area contributed by atoms with Crippen LogP contribution in [0.5, 0.6) is 0 Å². The van der Waals surface area contributed by atoms with Gasteiger partial charge in [0.05, 0.1) is 0 Å². The number of fused-ring (bicyclic) bond motifs is 1. The van der Waals surface area contributed by atoms with Crippen LogP contribution in [0.3, 0.4) is 0 Å². The molecule has 22 heavy (non-hydrogen) atoms. The highest BCUT2D eigenvalue weighted by Gasteiger charge is 2.25. The maximum absolute atomic E-state index is 13.6. The van der Waals surface area contributed by atoms with Gasteiger partial charge in [0.25, 0.3) is 0 Å². The molecule has 3 aromatic rings. The highest BCUT2D eigenvalue weighted by Crippen LogP contribution is 2.29. The van der Waals surface area contributed by atoms with Gasteiger partial charge in [0.2, 0.25) is 5.82 Å². The largest absolute Gasteiger partial charge is 0.277 e. The molecule has 0 aliphatic rings. The molecular formula is C13H6F5N3S. The van der Waals surface area contributed by atoms with Crippen molar-refractivity contribution in [3.05, 3.63) is 59.0 Å². The Morgan fingerprint density at radius 1 is 0.864 bits per heavy atom. The quantitative estimate of drug-likeness (QED) is 0.317. The van der Waals surface area contributed by atoms with E-state index in [1.165, 1.54) is 4.40 Å². The van der Waals surface area contributed by atoms with Crippen molar-refractivity contribution in [1.82, 2.24) is 14.6 Å². The van der Waals surface area contributed by atoms with Crippen LogP contribution in [-0.2, 0) is 5.75 Å². The minimum atomic E-state index is -2.17. The molecule has 0 saturated carbocycles. The zero-order valence-electron chi connectivity index (χ0n) is 10.7. The number of hydrogen-bond acceptors (Lipinski definition) is 3. The Balaban J connectivity index is 1.95. The predicted octanol–water partition coefficient (Wildman–Crippen LogP) is 3.72. The number of rotatable bonds is 3. The van der Waals surface area contributed by atoms with Gasteiger partial charge in [-0.05, 0) is 12.1 Å². The maximum Gasteiger partial charge on any atom is 0.200 e. The summed E-state index contributed by atoms with van der Waals surface area (Å²) in [5.74, 6) is -10.2. The lowest BCUT2D eigenvalue weighted by molar-refractivity contribution is 0.372. The second-order valence-electron chi connectivity index (χ2n) is 4.25. The summed E-state index contributed by atoms with van der Waals surface area (Å²) in [5, 5.41) is 7.90. The molecule has 2 aromatic heterocycles. The molecule has 0 radical (unpaired) electrons. The number of halogens is 5. The Morgan fingerprint density at radius 3 is 2.18 bits per heavy atom. The van der Waals surface area contributed by atoms with Crippen LogP contribution < -0.4 is 0 Å². The number of hydrogen-bond donors (Lipinski definition) is 0. The summed E-state index contributed by atoms with van der Waals surface area (Å²) in [6.45, 7) is 0. The standard InChI is InChI=1S/C13H6F5N3S/c14-8-6(9(15)11(17)12(18)10(8)16)5-22-13-20-19-7-3-1-2-4-21(7)13/h1-4H,5H2. The highest BCUT2D eigenvalue weighted by molar-refractivity contribution is 7.98. The number of pyridine rings is 1. The highest BCUT2D eigenvalue weighted by atomic mass is 32.2. The first-order chi connectivity index (χ1) is 10.5. The maximum atomic E-state index is 13.6. The Hall–Kier alpha value is -2.16.